The first-order valence-electron chi connectivity index (χ1n) is 10.7. The molecule has 0 aliphatic rings. The van der Waals surface area contributed by atoms with Crippen LogP contribution in [0.3, 0.4) is 0 Å². The number of rotatable bonds is 14. The van der Waals surface area contributed by atoms with E-state index < -0.39 is 66.4 Å². The summed E-state index contributed by atoms with van der Waals surface area (Å²) in [7, 11) is 0. The van der Waals surface area contributed by atoms with E-state index in [-0.39, 0.29) is 12.8 Å². The summed E-state index contributed by atoms with van der Waals surface area (Å²) in [5.74, 6) is -5.67. The van der Waals surface area contributed by atoms with Gasteiger partial charge < -0.3 is 47.0 Å². The van der Waals surface area contributed by atoms with Gasteiger partial charge in [0.05, 0.1) is 25.2 Å². The van der Waals surface area contributed by atoms with Crippen molar-refractivity contribution in [3.05, 3.63) is 36.4 Å². The van der Waals surface area contributed by atoms with E-state index in [2.05, 4.69) is 35.9 Å². The maximum absolute atomic E-state index is 13.0. The van der Waals surface area contributed by atoms with Gasteiger partial charge in [-0.25, -0.2) is 14.8 Å². The second-order valence-electron chi connectivity index (χ2n) is 7.95. The molecule has 2 heterocycles. The van der Waals surface area contributed by atoms with Crippen molar-refractivity contribution in [2.24, 2.45) is 5.73 Å². The number of amides is 3. The number of nitrogens with zero attached hydrogens (tertiary/aromatic N) is 2. The highest BCUT2D eigenvalue weighted by Crippen LogP contribution is 2.05. The Morgan fingerprint density at radius 1 is 0.861 bits per heavy atom. The molecule has 5 unspecified atom stereocenters. The molecule has 0 fully saturated rings. The Balaban J connectivity index is 2.21. The number of nitrogens with one attached hydrogen (secondary N) is 5. The van der Waals surface area contributed by atoms with Gasteiger partial charge in [0, 0.05) is 36.6 Å². The number of hydrogen-bond acceptors (Lipinski definition) is 9. The Kier molecular flexibility index (Phi) is 10.1. The van der Waals surface area contributed by atoms with Crippen LogP contribution < -0.4 is 21.7 Å². The van der Waals surface area contributed by atoms with E-state index in [9.17, 15) is 34.2 Å². The van der Waals surface area contributed by atoms with E-state index in [1.807, 2.05) is 0 Å². The number of aliphatic hydroxyl groups excluding tert-OH is 1. The molecule has 0 saturated heterocycles. The third-order valence-corrected chi connectivity index (χ3v) is 5.04. The summed E-state index contributed by atoms with van der Waals surface area (Å²) >= 11 is 0. The average Bonchev–Trinajstić information content (AvgIpc) is 3.50. The molecule has 3 amide bonds. The molecular formula is C20H28N8O8. The van der Waals surface area contributed by atoms with Crippen LogP contribution in [0, 0.1) is 0 Å². The number of imidazole rings is 2. The quantitative estimate of drug-likeness (QED) is 0.122. The molecular weight excluding hydrogens is 480 g/mol. The normalized spacial score (nSPS) is 15.1. The predicted octanol–water partition coefficient (Wildman–Crippen LogP) is -3.36. The summed E-state index contributed by atoms with van der Waals surface area (Å²) in [4.78, 5) is 74.2. The van der Waals surface area contributed by atoms with Crippen molar-refractivity contribution in [1.29, 1.82) is 0 Å². The standard InChI is InChI=1S/C20H28N8O8/c1-9(29)16(21)19(34)27-13(4-15(30)31)18(33)26-12(2-10-5-22-7-24-10)17(32)28-14(20(35)36)3-11-6-23-8-25-11/h5-9,12-14,16,29H,2-4,21H2,1H3,(H,22,24)(H,23,25)(H,26,33)(H,27,34)(H,28,32)(H,30,31)(H,35,36). The molecule has 2 aromatic heterocycles. The zero-order valence-electron chi connectivity index (χ0n) is 19.2. The summed E-state index contributed by atoms with van der Waals surface area (Å²) in [5.41, 5.74) is 6.39. The Bertz CT molecular complexity index is 1040. The van der Waals surface area contributed by atoms with Gasteiger partial charge in [0.2, 0.25) is 17.7 Å². The molecule has 0 aromatic carbocycles. The lowest BCUT2D eigenvalue weighted by Crippen LogP contribution is -2.59. The Labute approximate surface area is 204 Å². The molecule has 36 heavy (non-hydrogen) atoms. The molecule has 5 atom stereocenters. The van der Waals surface area contributed by atoms with Gasteiger partial charge in [0.1, 0.15) is 24.2 Å². The van der Waals surface area contributed by atoms with Crippen molar-refractivity contribution in [3.8, 4) is 0 Å². The van der Waals surface area contributed by atoms with Crippen LogP contribution in [0.1, 0.15) is 24.7 Å². The number of carboxylic acids is 2. The van der Waals surface area contributed by atoms with Crippen molar-refractivity contribution >= 4 is 29.7 Å². The molecule has 2 aromatic rings. The minimum Gasteiger partial charge on any atom is -0.481 e. The lowest BCUT2D eigenvalue weighted by molar-refractivity contribution is -0.143. The molecule has 0 aliphatic heterocycles. The first kappa shape index (κ1) is 27.9. The topological polar surface area (TPSA) is 266 Å². The van der Waals surface area contributed by atoms with Gasteiger partial charge in [-0.1, -0.05) is 0 Å². The highest BCUT2D eigenvalue weighted by molar-refractivity contribution is 5.95. The molecule has 0 bridgehead atoms. The van der Waals surface area contributed by atoms with E-state index in [1.165, 1.54) is 32.0 Å². The van der Waals surface area contributed by atoms with Crippen LogP contribution in [-0.2, 0) is 36.8 Å². The summed E-state index contributed by atoms with van der Waals surface area (Å²) in [6.07, 6.45) is 3.04. The fourth-order valence-corrected chi connectivity index (χ4v) is 3.06. The Hall–Kier alpha value is -4.31. The lowest BCUT2D eigenvalue weighted by atomic mass is 10.1. The Morgan fingerprint density at radius 2 is 1.33 bits per heavy atom. The first-order valence-corrected chi connectivity index (χ1v) is 10.7. The third kappa shape index (κ3) is 8.48. The van der Waals surface area contributed by atoms with Crippen LogP contribution in [-0.4, -0.2) is 95.2 Å². The van der Waals surface area contributed by atoms with Crippen LogP contribution >= 0.6 is 0 Å². The van der Waals surface area contributed by atoms with Crippen molar-refractivity contribution in [2.75, 3.05) is 0 Å². The number of aromatic nitrogens is 4. The minimum absolute atomic E-state index is 0.124. The fourth-order valence-electron chi connectivity index (χ4n) is 3.06. The first-order chi connectivity index (χ1) is 17.0. The van der Waals surface area contributed by atoms with Gasteiger partial charge in [0.25, 0.3) is 0 Å². The van der Waals surface area contributed by atoms with E-state index >= 15 is 0 Å². The second-order valence-corrected chi connectivity index (χ2v) is 7.95. The zero-order chi connectivity index (χ0) is 26.8. The number of carbonyl (C=O) groups is 5. The molecule has 0 spiro atoms. The summed E-state index contributed by atoms with van der Waals surface area (Å²) in [5, 5.41) is 35.0. The summed E-state index contributed by atoms with van der Waals surface area (Å²) < 4.78 is 0. The number of nitrogens with two attached hydrogens (primary N) is 1. The number of aliphatic hydroxyl groups is 1. The SMILES string of the molecule is CC(O)C(N)C(=O)NC(CC(=O)O)C(=O)NC(Cc1cnc[nH]1)C(=O)NC(Cc1cnc[nH]1)C(=O)O. The van der Waals surface area contributed by atoms with Gasteiger partial charge >= 0.3 is 11.9 Å². The van der Waals surface area contributed by atoms with Crippen LogP contribution in [0.5, 0.6) is 0 Å². The highest BCUT2D eigenvalue weighted by Gasteiger charge is 2.32. The zero-order valence-corrected chi connectivity index (χ0v) is 19.2. The van der Waals surface area contributed by atoms with E-state index in [0.717, 1.165) is 0 Å². The van der Waals surface area contributed by atoms with Crippen LogP contribution in [0.4, 0.5) is 0 Å². The number of aromatic amines is 2. The van der Waals surface area contributed by atoms with Gasteiger partial charge in [-0.05, 0) is 6.92 Å². The summed E-state index contributed by atoms with van der Waals surface area (Å²) in [6.45, 7) is 1.24. The van der Waals surface area contributed by atoms with E-state index in [1.54, 1.807) is 0 Å². The van der Waals surface area contributed by atoms with E-state index in [4.69, 9.17) is 10.8 Å². The number of aliphatic carboxylic acids is 2. The number of carboxylic acid groups (broad SMARTS) is 2. The highest BCUT2D eigenvalue weighted by atomic mass is 16.4. The molecule has 0 aliphatic carbocycles. The second kappa shape index (κ2) is 13.0. The van der Waals surface area contributed by atoms with Gasteiger partial charge in [-0.3, -0.25) is 19.2 Å². The fraction of sp³-hybridized carbons (Fsp3) is 0.450. The maximum Gasteiger partial charge on any atom is 0.326 e. The monoisotopic (exact) mass is 508 g/mol. The predicted molar refractivity (Wildman–Crippen MR) is 120 cm³/mol. The van der Waals surface area contributed by atoms with Gasteiger partial charge in [0.15, 0.2) is 0 Å². The minimum atomic E-state index is -1.64. The largest absolute Gasteiger partial charge is 0.481 e. The lowest BCUT2D eigenvalue weighted by Gasteiger charge is -2.24. The van der Waals surface area contributed by atoms with Crippen molar-refractivity contribution in [1.82, 2.24) is 35.9 Å². The van der Waals surface area contributed by atoms with Crippen LogP contribution in [0.15, 0.2) is 25.0 Å². The van der Waals surface area contributed by atoms with Crippen molar-refractivity contribution < 1.29 is 39.3 Å². The van der Waals surface area contributed by atoms with Crippen molar-refractivity contribution in [3.63, 3.8) is 0 Å². The average molecular weight is 508 g/mol. The van der Waals surface area contributed by atoms with E-state index in [0.29, 0.717) is 11.4 Å². The molecule has 0 saturated carbocycles. The third-order valence-electron chi connectivity index (χ3n) is 5.04. The number of hydrogen-bond donors (Lipinski definition) is 9. The van der Waals surface area contributed by atoms with Crippen LogP contribution in [0.25, 0.3) is 0 Å². The maximum atomic E-state index is 13.0. The molecule has 0 radical (unpaired) electrons. The van der Waals surface area contributed by atoms with Crippen molar-refractivity contribution in [2.45, 2.75) is 56.5 Å². The number of carbonyl (C=O) groups excluding carboxylic acids is 3. The van der Waals surface area contributed by atoms with Crippen LogP contribution in [0.2, 0.25) is 0 Å². The van der Waals surface area contributed by atoms with Gasteiger partial charge in [-0.15, -0.1) is 0 Å². The molecule has 16 heteroatoms. The smallest absolute Gasteiger partial charge is 0.326 e. The molecule has 196 valence electrons. The molecule has 16 nitrogen and oxygen atoms in total. The molecule has 10 N–H and O–H groups in total. The number of H-pyrrole nitrogens is 2. The summed E-state index contributed by atoms with van der Waals surface area (Å²) in [6, 6.07) is -5.83. The molecule has 2 rings (SSSR count). The Morgan fingerprint density at radius 3 is 1.78 bits per heavy atom. The van der Waals surface area contributed by atoms with Gasteiger partial charge in [-0.2, -0.15) is 0 Å².